The molecule has 2 unspecified atom stereocenters. The first-order valence-electron chi connectivity index (χ1n) is 6.87. The van der Waals surface area contributed by atoms with E-state index in [-0.39, 0.29) is 0 Å². The highest BCUT2D eigenvalue weighted by Crippen LogP contribution is 2.30. The summed E-state index contributed by atoms with van der Waals surface area (Å²) in [5, 5.41) is 7.51. The molecule has 1 fully saturated rings. The van der Waals surface area contributed by atoms with E-state index in [0.717, 1.165) is 29.0 Å². The Labute approximate surface area is 127 Å². The summed E-state index contributed by atoms with van der Waals surface area (Å²) in [4.78, 5) is 4.59. The minimum Gasteiger partial charge on any atom is -0.339 e. The van der Waals surface area contributed by atoms with Crippen molar-refractivity contribution in [3.8, 4) is 11.4 Å². The van der Waals surface area contributed by atoms with Crippen molar-refractivity contribution in [2.24, 2.45) is 5.92 Å². The molecule has 0 spiro atoms. The van der Waals surface area contributed by atoms with Crippen LogP contribution in [-0.2, 0) is 0 Å². The lowest BCUT2D eigenvalue weighted by Gasteiger charge is -2.07. The van der Waals surface area contributed by atoms with Crippen molar-refractivity contribution in [2.45, 2.75) is 26.7 Å². The minimum atomic E-state index is 0.328. The van der Waals surface area contributed by atoms with Gasteiger partial charge < -0.3 is 9.84 Å². The standard InChI is InChI=1S/C15H18BrN3O/c1-8-4-11(5-9(2)13(8)16)14-18-15(20-19-14)12-7-17-6-10(12)3/h4-5,10,12,17H,6-7H2,1-3H3. The molecule has 0 amide bonds. The Hall–Kier alpha value is -1.20. The van der Waals surface area contributed by atoms with Gasteiger partial charge in [0.1, 0.15) is 0 Å². The van der Waals surface area contributed by atoms with E-state index in [2.05, 4.69) is 64.3 Å². The Morgan fingerprint density at radius 1 is 1.25 bits per heavy atom. The molecule has 0 aliphatic carbocycles. The van der Waals surface area contributed by atoms with Crippen molar-refractivity contribution in [1.29, 1.82) is 0 Å². The van der Waals surface area contributed by atoms with Gasteiger partial charge in [-0.05, 0) is 49.6 Å². The van der Waals surface area contributed by atoms with Gasteiger partial charge in [0, 0.05) is 16.6 Å². The Bertz CT molecular complexity index is 615. The maximum absolute atomic E-state index is 5.47. The van der Waals surface area contributed by atoms with Gasteiger partial charge in [-0.1, -0.05) is 28.0 Å². The van der Waals surface area contributed by atoms with E-state index in [1.165, 1.54) is 11.1 Å². The van der Waals surface area contributed by atoms with Crippen LogP contribution in [0.15, 0.2) is 21.1 Å². The normalized spacial score (nSPS) is 22.4. The van der Waals surface area contributed by atoms with Gasteiger partial charge in [0.15, 0.2) is 0 Å². The van der Waals surface area contributed by atoms with Crippen molar-refractivity contribution in [3.63, 3.8) is 0 Å². The van der Waals surface area contributed by atoms with E-state index in [0.29, 0.717) is 17.7 Å². The molecule has 1 N–H and O–H groups in total. The summed E-state index contributed by atoms with van der Waals surface area (Å²) in [7, 11) is 0. The van der Waals surface area contributed by atoms with E-state index in [9.17, 15) is 0 Å². The summed E-state index contributed by atoms with van der Waals surface area (Å²) in [6.45, 7) is 8.29. The Morgan fingerprint density at radius 3 is 2.55 bits per heavy atom. The molecule has 106 valence electrons. The summed E-state index contributed by atoms with van der Waals surface area (Å²) in [5.74, 6) is 2.29. The predicted molar refractivity (Wildman–Crippen MR) is 81.7 cm³/mol. The fourth-order valence-corrected chi connectivity index (χ4v) is 2.95. The second kappa shape index (κ2) is 5.30. The highest BCUT2D eigenvalue weighted by Gasteiger charge is 2.29. The Morgan fingerprint density at radius 2 is 1.95 bits per heavy atom. The fourth-order valence-electron chi connectivity index (χ4n) is 2.72. The number of nitrogens with zero attached hydrogens (tertiary/aromatic N) is 2. The molecule has 0 bridgehead atoms. The maximum atomic E-state index is 5.47. The molecule has 3 rings (SSSR count). The molecule has 4 nitrogen and oxygen atoms in total. The zero-order valence-corrected chi connectivity index (χ0v) is 13.5. The van der Waals surface area contributed by atoms with Crippen LogP contribution in [0.1, 0.15) is 29.9 Å². The van der Waals surface area contributed by atoms with Gasteiger partial charge in [-0.2, -0.15) is 4.98 Å². The van der Waals surface area contributed by atoms with E-state index >= 15 is 0 Å². The lowest BCUT2D eigenvalue weighted by molar-refractivity contribution is 0.340. The Balaban J connectivity index is 1.94. The third-order valence-corrected chi connectivity index (χ3v) is 5.22. The van der Waals surface area contributed by atoms with Gasteiger partial charge >= 0.3 is 0 Å². The molecule has 1 saturated heterocycles. The number of aryl methyl sites for hydroxylation is 2. The minimum absolute atomic E-state index is 0.328. The van der Waals surface area contributed by atoms with E-state index < -0.39 is 0 Å². The van der Waals surface area contributed by atoms with Crippen LogP contribution in [0.5, 0.6) is 0 Å². The molecule has 0 radical (unpaired) electrons. The molecular weight excluding hydrogens is 318 g/mol. The molecule has 2 heterocycles. The van der Waals surface area contributed by atoms with Crippen LogP contribution in [0.4, 0.5) is 0 Å². The third-order valence-electron chi connectivity index (χ3n) is 3.97. The summed E-state index contributed by atoms with van der Waals surface area (Å²) >= 11 is 3.58. The molecule has 1 aliphatic heterocycles. The van der Waals surface area contributed by atoms with Crippen LogP contribution < -0.4 is 5.32 Å². The number of benzene rings is 1. The number of aromatic nitrogens is 2. The van der Waals surface area contributed by atoms with Crippen molar-refractivity contribution in [2.75, 3.05) is 13.1 Å². The Kier molecular flexibility index (Phi) is 3.65. The van der Waals surface area contributed by atoms with Gasteiger partial charge in [-0.25, -0.2) is 0 Å². The molecule has 2 atom stereocenters. The maximum Gasteiger partial charge on any atom is 0.231 e. The predicted octanol–water partition coefficient (Wildman–Crippen LogP) is 3.44. The van der Waals surface area contributed by atoms with Crippen molar-refractivity contribution in [3.05, 3.63) is 33.6 Å². The molecule has 2 aromatic rings. The number of hydrogen-bond donors (Lipinski definition) is 1. The van der Waals surface area contributed by atoms with Crippen LogP contribution in [0.25, 0.3) is 11.4 Å². The van der Waals surface area contributed by atoms with E-state index in [4.69, 9.17) is 4.52 Å². The highest BCUT2D eigenvalue weighted by molar-refractivity contribution is 9.10. The fraction of sp³-hybridized carbons (Fsp3) is 0.467. The average Bonchev–Trinajstić information content (AvgIpc) is 3.03. The highest BCUT2D eigenvalue weighted by atomic mass is 79.9. The summed E-state index contributed by atoms with van der Waals surface area (Å²) < 4.78 is 6.61. The molecule has 0 saturated carbocycles. The van der Waals surface area contributed by atoms with E-state index in [1.807, 2.05) is 0 Å². The van der Waals surface area contributed by atoms with Gasteiger partial charge in [0.25, 0.3) is 0 Å². The van der Waals surface area contributed by atoms with E-state index in [1.54, 1.807) is 0 Å². The zero-order chi connectivity index (χ0) is 14.3. The first-order chi connectivity index (χ1) is 9.56. The van der Waals surface area contributed by atoms with Gasteiger partial charge in [-0.15, -0.1) is 0 Å². The smallest absolute Gasteiger partial charge is 0.231 e. The zero-order valence-electron chi connectivity index (χ0n) is 11.9. The van der Waals surface area contributed by atoms with Crippen LogP contribution >= 0.6 is 15.9 Å². The third kappa shape index (κ3) is 2.40. The SMILES string of the molecule is Cc1cc(-c2noc(C3CNCC3C)n2)cc(C)c1Br. The second-order valence-corrected chi connectivity index (χ2v) is 6.42. The van der Waals surface area contributed by atoms with Gasteiger partial charge in [-0.3, -0.25) is 0 Å². The number of hydrogen-bond acceptors (Lipinski definition) is 4. The van der Waals surface area contributed by atoms with Crippen molar-refractivity contribution in [1.82, 2.24) is 15.5 Å². The number of nitrogens with one attached hydrogen (secondary N) is 1. The number of rotatable bonds is 2. The lowest BCUT2D eigenvalue weighted by Crippen LogP contribution is -2.08. The van der Waals surface area contributed by atoms with Gasteiger partial charge in [0.2, 0.25) is 11.7 Å². The van der Waals surface area contributed by atoms with Crippen LogP contribution in [0, 0.1) is 19.8 Å². The first-order valence-corrected chi connectivity index (χ1v) is 7.67. The lowest BCUT2D eigenvalue weighted by atomic mass is 9.98. The summed E-state index contributed by atoms with van der Waals surface area (Å²) in [6.07, 6.45) is 0. The number of halogens is 1. The largest absolute Gasteiger partial charge is 0.339 e. The van der Waals surface area contributed by atoms with Crippen molar-refractivity contribution < 1.29 is 4.52 Å². The molecular formula is C15H18BrN3O. The van der Waals surface area contributed by atoms with Crippen LogP contribution in [-0.4, -0.2) is 23.2 Å². The molecule has 1 aliphatic rings. The average molecular weight is 336 g/mol. The first kappa shape index (κ1) is 13.8. The summed E-state index contributed by atoms with van der Waals surface area (Å²) in [6, 6.07) is 4.17. The quantitative estimate of drug-likeness (QED) is 0.913. The topological polar surface area (TPSA) is 51.0 Å². The second-order valence-electron chi connectivity index (χ2n) is 5.62. The van der Waals surface area contributed by atoms with Crippen LogP contribution in [0.3, 0.4) is 0 Å². The summed E-state index contributed by atoms with van der Waals surface area (Å²) in [5.41, 5.74) is 3.38. The molecule has 5 heteroatoms. The van der Waals surface area contributed by atoms with Gasteiger partial charge in [0.05, 0.1) is 5.92 Å². The molecule has 1 aromatic carbocycles. The molecule has 20 heavy (non-hydrogen) atoms. The van der Waals surface area contributed by atoms with Crippen molar-refractivity contribution >= 4 is 15.9 Å². The molecule has 1 aromatic heterocycles. The van der Waals surface area contributed by atoms with Crippen LogP contribution in [0.2, 0.25) is 0 Å². The monoisotopic (exact) mass is 335 g/mol.